The summed E-state index contributed by atoms with van der Waals surface area (Å²) in [6.45, 7) is 3.43. The molecule has 10 heavy (non-hydrogen) atoms. The average molecular weight is 177 g/mol. The highest BCUT2D eigenvalue weighted by Crippen LogP contribution is 2.29. The van der Waals surface area contributed by atoms with E-state index in [1.165, 1.54) is 31.6 Å². The first-order valence-electron chi connectivity index (χ1n) is 3.95. The molecule has 0 aromatic carbocycles. The lowest BCUT2D eigenvalue weighted by atomic mass is 10.2. The van der Waals surface area contributed by atoms with E-state index in [9.17, 15) is 0 Å². The van der Waals surface area contributed by atoms with Crippen molar-refractivity contribution < 1.29 is 0 Å². The van der Waals surface area contributed by atoms with Gasteiger partial charge in [-0.25, -0.2) is 0 Å². The van der Waals surface area contributed by atoms with E-state index in [0.29, 0.717) is 0 Å². The number of nitrogens with one attached hydrogen (secondary N) is 1. The summed E-state index contributed by atoms with van der Waals surface area (Å²) in [5, 5.41) is 4.23. The molecular weight excluding hydrogens is 162 g/mol. The van der Waals surface area contributed by atoms with Gasteiger partial charge in [-0.2, -0.15) is 0 Å². The zero-order valence-electron chi connectivity index (χ0n) is 6.43. The summed E-state index contributed by atoms with van der Waals surface area (Å²) in [4.78, 5) is 0. The predicted molar refractivity (Wildman–Crippen MR) is 51.4 cm³/mol. The lowest BCUT2D eigenvalue weighted by molar-refractivity contribution is 0.493. The SMILES string of the molecule is CCSS[C@@H]1CCCCN1. The zero-order valence-corrected chi connectivity index (χ0v) is 8.06. The van der Waals surface area contributed by atoms with Crippen LogP contribution in [0, 0.1) is 0 Å². The van der Waals surface area contributed by atoms with Crippen LogP contribution in [-0.4, -0.2) is 17.7 Å². The number of piperidine rings is 1. The fourth-order valence-corrected chi connectivity index (χ4v) is 3.20. The molecule has 0 amide bonds. The largest absolute Gasteiger partial charge is 0.305 e. The number of rotatable bonds is 3. The van der Waals surface area contributed by atoms with Gasteiger partial charge in [-0.3, -0.25) is 0 Å². The smallest absolute Gasteiger partial charge is 0.0636 e. The highest BCUT2D eigenvalue weighted by Gasteiger charge is 2.11. The third-order valence-corrected chi connectivity index (χ3v) is 4.39. The second kappa shape index (κ2) is 5.33. The maximum atomic E-state index is 3.50. The van der Waals surface area contributed by atoms with Crippen LogP contribution in [0.2, 0.25) is 0 Å². The van der Waals surface area contributed by atoms with Crippen LogP contribution in [-0.2, 0) is 0 Å². The highest BCUT2D eigenvalue weighted by molar-refractivity contribution is 8.76. The summed E-state index contributed by atoms with van der Waals surface area (Å²) < 4.78 is 0. The molecule has 0 aromatic heterocycles. The first-order valence-corrected chi connectivity index (χ1v) is 6.33. The van der Waals surface area contributed by atoms with Gasteiger partial charge in [0.05, 0.1) is 5.37 Å². The van der Waals surface area contributed by atoms with Crippen molar-refractivity contribution in [2.24, 2.45) is 0 Å². The summed E-state index contributed by atoms with van der Waals surface area (Å²) in [5.74, 6) is 1.23. The molecule has 1 aliphatic heterocycles. The van der Waals surface area contributed by atoms with E-state index in [4.69, 9.17) is 0 Å². The lowest BCUT2D eigenvalue weighted by Crippen LogP contribution is -2.30. The zero-order chi connectivity index (χ0) is 7.23. The van der Waals surface area contributed by atoms with Crippen LogP contribution in [0.5, 0.6) is 0 Å². The van der Waals surface area contributed by atoms with E-state index >= 15 is 0 Å². The molecule has 1 rings (SSSR count). The molecule has 3 heteroatoms. The van der Waals surface area contributed by atoms with Gasteiger partial charge >= 0.3 is 0 Å². The first-order chi connectivity index (χ1) is 4.93. The summed E-state index contributed by atoms with van der Waals surface area (Å²) >= 11 is 0. The van der Waals surface area contributed by atoms with Crippen molar-refractivity contribution in [1.82, 2.24) is 5.32 Å². The van der Waals surface area contributed by atoms with Gasteiger partial charge in [-0.15, -0.1) is 0 Å². The van der Waals surface area contributed by atoms with Crippen molar-refractivity contribution in [3.8, 4) is 0 Å². The molecule has 1 N–H and O–H groups in total. The minimum absolute atomic E-state index is 0.735. The van der Waals surface area contributed by atoms with Gasteiger partial charge < -0.3 is 5.32 Å². The standard InChI is InChI=1S/C7H15NS2/c1-2-9-10-7-5-3-4-6-8-7/h7-8H,2-6H2,1H3/t7-/m1/s1. The molecule has 0 aromatic rings. The van der Waals surface area contributed by atoms with Gasteiger partial charge in [-0.05, 0) is 25.8 Å². The number of hydrogen-bond donors (Lipinski definition) is 1. The summed E-state index contributed by atoms with van der Waals surface area (Å²) in [5.41, 5.74) is 0. The molecule has 0 spiro atoms. The van der Waals surface area contributed by atoms with E-state index in [1.807, 2.05) is 21.6 Å². The van der Waals surface area contributed by atoms with Crippen molar-refractivity contribution in [3.63, 3.8) is 0 Å². The fraction of sp³-hybridized carbons (Fsp3) is 1.00. The third-order valence-electron chi connectivity index (χ3n) is 1.57. The maximum Gasteiger partial charge on any atom is 0.0636 e. The second-order valence-electron chi connectivity index (χ2n) is 2.44. The molecule has 1 atom stereocenters. The second-order valence-corrected chi connectivity index (χ2v) is 5.30. The Kier molecular flexibility index (Phi) is 4.66. The molecular formula is C7H15NS2. The Bertz CT molecular complexity index is 81.7. The van der Waals surface area contributed by atoms with Crippen LogP contribution in [0.25, 0.3) is 0 Å². The lowest BCUT2D eigenvalue weighted by Gasteiger charge is -2.21. The molecule has 0 unspecified atom stereocenters. The monoisotopic (exact) mass is 177 g/mol. The molecule has 0 saturated carbocycles. The molecule has 60 valence electrons. The van der Waals surface area contributed by atoms with E-state index in [0.717, 1.165) is 5.37 Å². The Morgan fingerprint density at radius 1 is 1.50 bits per heavy atom. The quantitative estimate of drug-likeness (QED) is 0.665. The van der Waals surface area contributed by atoms with Crippen molar-refractivity contribution in [3.05, 3.63) is 0 Å². The van der Waals surface area contributed by atoms with Crippen LogP contribution in [0.15, 0.2) is 0 Å². The summed E-state index contributed by atoms with van der Waals surface area (Å²) in [7, 11) is 3.97. The maximum absolute atomic E-state index is 3.50. The molecule has 0 radical (unpaired) electrons. The van der Waals surface area contributed by atoms with Crippen molar-refractivity contribution in [2.75, 3.05) is 12.3 Å². The van der Waals surface area contributed by atoms with Gasteiger partial charge in [0.15, 0.2) is 0 Å². The predicted octanol–water partition coefficient (Wildman–Crippen LogP) is 2.49. The normalized spacial score (nSPS) is 26.7. The molecule has 0 bridgehead atoms. The third kappa shape index (κ3) is 3.17. The fourth-order valence-electron chi connectivity index (χ4n) is 1.05. The van der Waals surface area contributed by atoms with E-state index in [1.54, 1.807) is 0 Å². The molecule has 1 heterocycles. The molecule has 1 saturated heterocycles. The van der Waals surface area contributed by atoms with E-state index in [-0.39, 0.29) is 0 Å². The van der Waals surface area contributed by atoms with Crippen LogP contribution in [0.3, 0.4) is 0 Å². The van der Waals surface area contributed by atoms with Crippen LogP contribution >= 0.6 is 21.6 Å². The Morgan fingerprint density at radius 2 is 2.40 bits per heavy atom. The van der Waals surface area contributed by atoms with Gasteiger partial charge in [0.1, 0.15) is 0 Å². The Morgan fingerprint density at radius 3 is 3.00 bits per heavy atom. The van der Waals surface area contributed by atoms with E-state index < -0.39 is 0 Å². The van der Waals surface area contributed by atoms with Gasteiger partial charge in [0.25, 0.3) is 0 Å². The van der Waals surface area contributed by atoms with Crippen LogP contribution in [0.1, 0.15) is 26.2 Å². The van der Waals surface area contributed by atoms with Gasteiger partial charge in [-0.1, -0.05) is 28.5 Å². The van der Waals surface area contributed by atoms with Crippen LogP contribution < -0.4 is 5.32 Å². The summed E-state index contributed by atoms with van der Waals surface area (Å²) in [6, 6.07) is 0. The minimum Gasteiger partial charge on any atom is -0.305 e. The van der Waals surface area contributed by atoms with E-state index in [2.05, 4.69) is 12.2 Å². The Labute approximate surface area is 71.1 Å². The molecule has 1 nitrogen and oxygen atoms in total. The Balaban J connectivity index is 2.02. The summed E-state index contributed by atoms with van der Waals surface area (Å²) in [6.07, 6.45) is 4.14. The van der Waals surface area contributed by atoms with Crippen molar-refractivity contribution in [1.29, 1.82) is 0 Å². The molecule has 1 aliphatic rings. The van der Waals surface area contributed by atoms with Crippen molar-refractivity contribution >= 4 is 21.6 Å². The Hall–Kier alpha value is 0.660. The topological polar surface area (TPSA) is 12.0 Å². The average Bonchev–Trinajstić information content (AvgIpc) is 2.03. The van der Waals surface area contributed by atoms with Crippen molar-refractivity contribution in [2.45, 2.75) is 31.6 Å². The molecule has 0 aliphatic carbocycles. The number of hydrogen-bond acceptors (Lipinski definition) is 3. The first kappa shape index (κ1) is 8.75. The van der Waals surface area contributed by atoms with Gasteiger partial charge in [0.2, 0.25) is 0 Å². The van der Waals surface area contributed by atoms with Crippen LogP contribution in [0.4, 0.5) is 0 Å². The molecule has 1 fully saturated rings. The minimum atomic E-state index is 0.735. The van der Waals surface area contributed by atoms with Gasteiger partial charge in [0, 0.05) is 5.75 Å². The highest BCUT2D eigenvalue weighted by atomic mass is 33.1.